The maximum absolute atomic E-state index is 5.65. The molecule has 3 rings (SSSR count). The van der Waals surface area contributed by atoms with Crippen LogP contribution < -0.4 is 5.32 Å². The Morgan fingerprint density at radius 1 is 1.20 bits per heavy atom. The van der Waals surface area contributed by atoms with Crippen molar-refractivity contribution >= 4 is 0 Å². The molecule has 3 aromatic heterocycles. The fourth-order valence-electron chi connectivity index (χ4n) is 3.10. The van der Waals surface area contributed by atoms with Gasteiger partial charge in [-0.15, -0.1) is 0 Å². The van der Waals surface area contributed by atoms with Crippen LogP contribution >= 0.6 is 0 Å². The molecule has 3 heterocycles. The van der Waals surface area contributed by atoms with Crippen LogP contribution in [0.3, 0.4) is 0 Å². The summed E-state index contributed by atoms with van der Waals surface area (Å²) in [5, 5.41) is 10.8. The fourth-order valence-corrected chi connectivity index (χ4v) is 3.10. The van der Waals surface area contributed by atoms with Gasteiger partial charge in [-0.05, 0) is 37.4 Å². The second-order valence-corrected chi connectivity index (χ2v) is 5.90. The van der Waals surface area contributed by atoms with Crippen molar-refractivity contribution in [1.29, 1.82) is 0 Å². The normalized spacial score (nSPS) is 12.6. The number of furan rings is 1. The Labute approximate surface area is 148 Å². The van der Waals surface area contributed by atoms with Crippen LogP contribution in [0.5, 0.6) is 0 Å². The fraction of sp³-hybridized carbons (Fsp3) is 0.368. The molecule has 0 fully saturated rings. The smallest absolute Gasteiger partial charge is 0.122 e. The van der Waals surface area contributed by atoms with Crippen LogP contribution in [0.15, 0.2) is 53.5 Å². The molecule has 0 aromatic carbocycles. The number of nitrogens with zero attached hydrogens (tertiary/aromatic N) is 3. The molecule has 0 radical (unpaired) electrons. The minimum atomic E-state index is 0.221. The number of hydrogen-bond acceptors (Lipinski definition) is 5. The van der Waals surface area contributed by atoms with E-state index in [0.29, 0.717) is 0 Å². The Bertz CT molecular complexity index is 734. The summed E-state index contributed by atoms with van der Waals surface area (Å²) in [5.74, 6) is 0.996. The Morgan fingerprint density at radius 2 is 2.08 bits per heavy atom. The van der Waals surface area contributed by atoms with Gasteiger partial charge in [0.1, 0.15) is 5.76 Å². The minimum absolute atomic E-state index is 0.221. The average molecular weight is 339 g/mol. The summed E-state index contributed by atoms with van der Waals surface area (Å²) < 4.78 is 5.65. The summed E-state index contributed by atoms with van der Waals surface area (Å²) in [4.78, 5) is 6.57. The third-order valence-corrected chi connectivity index (χ3v) is 4.45. The van der Waals surface area contributed by atoms with Crippen LogP contribution in [-0.4, -0.2) is 39.7 Å². The first-order valence-electron chi connectivity index (χ1n) is 8.74. The van der Waals surface area contributed by atoms with Crippen LogP contribution in [0, 0.1) is 0 Å². The quantitative estimate of drug-likeness (QED) is 0.626. The molecule has 0 spiro atoms. The molecule has 3 aromatic rings. The molecule has 0 saturated carbocycles. The third kappa shape index (κ3) is 4.15. The molecule has 1 atom stereocenters. The summed E-state index contributed by atoms with van der Waals surface area (Å²) in [5.41, 5.74) is 3.19. The van der Waals surface area contributed by atoms with Gasteiger partial charge in [0, 0.05) is 36.6 Å². The first-order chi connectivity index (χ1) is 12.3. The van der Waals surface area contributed by atoms with Crippen LogP contribution in [-0.2, 0) is 6.54 Å². The molecular formula is C19H25N5O. The average Bonchev–Trinajstić information content (AvgIpc) is 3.34. The summed E-state index contributed by atoms with van der Waals surface area (Å²) >= 11 is 0. The number of H-pyrrole nitrogens is 1. The minimum Gasteiger partial charge on any atom is -0.468 e. The molecule has 132 valence electrons. The van der Waals surface area contributed by atoms with Crippen molar-refractivity contribution < 1.29 is 4.42 Å². The van der Waals surface area contributed by atoms with Crippen molar-refractivity contribution in [2.24, 2.45) is 0 Å². The number of rotatable bonds is 9. The Hall–Kier alpha value is -2.44. The van der Waals surface area contributed by atoms with Crippen molar-refractivity contribution in [1.82, 2.24) is 25.4 Å². The van der Waals surface area contributed by atoms with Crippen molar-refractivity contribution in [3.63, 3.8) is 0 Å². The van der Waals surface area contributed by atoms with E-state index in [0.717, 1.165) is 48.8 Å². The molecular weight excluding hydrogens is 314 g/mol. The Balaban J connectivity index is 1.66. The molecule has 1 unspecified atom stereocenters. The predicted molar refractivity (Wildman–Crippen MR) is 97.9 cm³/mol. The SMILES string of the molecule is CCN(CC)C(CNCc1cn[nH]c1-c1cccnc1)c1ccco1. The zero-order valence-electron chi connectivity index (χ0n) is 14.8. The molecule has 0 aliphatic carbocycles. The summed E-state index contributed by atoms with van der Waals surface area (Å²) in [6, 6.07) is 8.18. The lowest BCUT2D eigenvalue weighted by Gasteiger charge is -2.28. The van der Waals surface area contributed by atoms with Gasteiger partial charge in [-0.2, -0.15) is 5.10 Å². The van der Waals surface area contributed by atoms with E-state index in [1.807, 2.05) is 36.7 Å². The number of nitrogens with one attached hydrogen (secondary N) is 2. The van der Waals surface area contributed by atoms with Crippen LogP contribution in [0.4, 0.5) is 0 Å². The molecule has 25 heavy (non-hydrogen) atoms. The highest BCUT2D eigenvalue weighted by atomic mass is 16.3. The third-order valence-electron chi connectivity index (χ3n) is 4.45. The van der Waals surface area contributed by atoms with E-state index >= 15 is 0 Å². The number of pyridine rings is 1. The topological polar surface area (TPSA) is 70.0 Å². The van der Waals surface area contributed by atoms with Crippen LogP contribution in [0.2, 0.25) is 0 Å². The summed E-state index contributed by atoms with van der Waals surface area (Å²) in [6.07, 6.45) is 7.23. The zero-order valence-corrected chi connectivity index (χ0v) is 14.8. The molecule has 0 saturated heterocycles. The van der Waals surface area contributed by atoms with Crippen molar-refractivity contribution in [2.75, 3.05) is 19.6 Å². The first kappa shape index (κ1) is 17.4. The number of aromatic nitrogens is 3. The lowest BCUT2D eigenvalue weighted by atomic mass is 10.1. The second kappa shape index (κ2) is 8.60. The van der Waals surface area contributed by atoms with Gasteiger partial charge in [-0.1, -0.05) is 13.8 Å². The Morgan fingerprint density at radius 3 is 2.76 bits per heavy atom. The summed E-state index contributed by atoms with van der Waals surface area (Å²) in [7, 11) is 0. The van der Waals surface area contributed by atoms with Gasteiger partial charge in [-0.3, -0.25) is 15.0 Å². The van der Waals surface area contributed by atoms with Crippen molar-refractivity contribution in [2.45, 2.75) is 26.4 Å². The molecule has 0 aliphatic rings. The number of likely N-dealkylation sites (N-methyl/N-ethyl adjacent to an activating group) is 1. The molecule has 2 N–H and O–H groups in total. The van der Waals surface area contributed by atoms with Crippen LogP contribution in [0.25, 0.3) is 11.3 Å². The van der Waals surface area contributed by atoms with Crippen molar-refractivity contribution in [3.05, 3.63) is 60.4 Å². The molecule has 0 bridgehead atoms. The van der Waals surface area contributed by atoms with Gasteiger partial charge >= 0.3 is 0 Å². The molecule has 6 heteroatoms. The largest absolute Gasteiger partial charge is 0.468 e. The van der Waals surface area contributed by atoms with E-state index < -0.39 is 0 Å². The maximum atomic E-state index is 5.65. The highest BCUT2D eigenvalue weighted by Gasteiger charge is 2.20. The molecule has 6 nitrogen and oxygen atoms in total. The maximum Gasteiger partial charge on any atom is 0.122 e. The van der Waals surface area contributed by atoms with Gasteiger partial charge in [0.05, 0.1) is 24.2 Å². The Kier molecular flexibility index (Phi) is 5.98. The molecule has 0 aliphatic heterocycles. The van der Waals surface area contributed by atoms with E-state index in [2.05, 4.69) is 39.2 Å². The lowest BCUT2D eigenvalue weighted by molar-refractivity contribution is 0.188. The van der Waals surface area contributed by atoms with Crippen LogP contribution in [0.1, 0.15) is 31.2 Å². The standard InChI is InChI=1S/C19H25N5O/c1-3-24(4-2)17(18-8-6-10-25-18)14-21-12-16-13-22-23-19(16)15-7-5-9-20-11-15/h5-11,13,17,21H,3-4,12,14H2,1-2H3,(H,22,23). The summed E-state index contributed by atoms with van der Waals surface area (Å²) in [6.45, 7) is 7.87. The zero-order chi connectivity index (χ0) is 17.5. The van der Waals surface area contributed by atoms with Gasteiger partial charge in [0.15, 0.2) is 0 Å². The van der Waals surface area contributed by atoms with Crippen molar-refractivity contribution in [3.8, 4) is 11.3 Å². The highest BCUT2D eigenvalue weighted by Crippen LogP contribution is 2.22. The van der Waals surface area contributed by atoms with E-state index in [-0.39, 0.29) is 6.04 Å². The van der Waals surface area contributed by atoms with Gasteiger partial charge in [-0.25, -0.2) is 0 Å². The monoisotopic (exact) mass is 339 g/mol. The highest BCUT2D eigenvalue weighted by molar-refractivity contribution is 5.61. The van der Waals surface area contributed by atoms with E-state index in [1.165, 1.54) is 0 Å². The van der Waals surface area contributed by atoms with Gasteiger partial charge in [0.2, 0.25) is 0 Å². The second-order valence-electron chi connectivity index (χ2n) is 5.90. The van der Waals surface area contributed by atoms with E-state index in [4.69, 9.17) is 4.42 Å². The van der Waals surface area contributed by atoms with Gasteiger partial charge in [0.25, 0.3) is 0 Å². The first-order valence-corrected chi connectivity index (χ1v) is 8.74. The lowest BCUT2D eigenvalue weighted by Crippen LogP contribution is -2.35. The van der Waals surface area contributed by atoms with E-state index in [1.54, 1.807) is 12.5 Å². The van der Waals surface area contributed by atoms with Gasteiger partial charge < -0.3 is 9.73 Å². The molecule has 0 amide bonds. The number of aromatic amines is 1. The predicted octanol–water partition coefficient (Wildman–Crippen LogP) is 3.24. The number of hydrogen-bond donors (Lipinski definition) is 2. The van der Waals surface area contributed by atoms with E-state index in [9.17, 15) is 0 Å².